The highest BCUT2D eigenvalue weighted by molar-refractivity contribution is 9.10. The van der Waals surface area contributed by atoms with Gasteiger partial charge in [-0.1, -0.05) is 44.0 Å². The summed E-state index contributed by atoms with van der Waals surface area (Å²) in [4.78, 5) is 8.93. The summed E-state index contributed by atoms with van der Waals surface area (Å²) in [5.41, 5.74) is 1.66. The van der Waals surface area contributed by atoms with Gasteiger partial charge in [0, 0.05) is 16.0 Å². The fourth-order valence-corrected chi connectivity index (χ4v) is 2.71. The number of aromatic nitrogens is 2. The van der Waals surface area contributed by atoms with Crippen LogP contribution in [0.4, 0.5) is 0 Å². The molecule has 0 bridgehead atoms. The Morgan fingerprint density at radius 3 is 2.11 bits per heavy atom. The van der Waals surface area contributed by atoms with E-state index in [2.05, 4.69) is 46.7 Å². The molecule has 0 aliphatic heterocycles. The molecule has 0 saturated carbocycles. The average Bonchev–Trinajstić information content (AvgIpc) is 2.32. The van der Waals surface area contributed by atoms with E-state index >= 15 is 0 Å². The first-order valence-electron chi connectivity index (χ1n) is 5.78. The Bertz CT molecular complexity index is 604. The van der Waals surface area contributed by atoms with Gasteiger partial charge in [-0.05, 0) is 40.2 Å². The summed E-state index contributed by atoms with van der Waals surface area (Å²) in [7, 11) is 0. The van der Waals surface area contributed by atoms with Gasteiger partial charge in [-0.25, -0.2) is 9.97 Å². The van der Waals surface area contributed by atoms with E-state index in [1.807, 2.05) is 24.3 Å². The lowest BCUT2D eigenvalue weighted by molar-refractivity contribution is 0.564. The largest absolute Gasteiger partial charge is 0.231 e. The molecule has 0 aliphatic rings. The second-order valence-corrected chi connectivity index (χ2v) is 6.84. The van der Waals surface area contributed by atoms with E-state index in [-0.39, 0.29) is 5.41 Å². The molecule has 0 saturated heterocycles. The molecule has 0 atom stereocenters. The van der Waals surface area contributed by atoms with Crippen molar-refractivity contribution >= 4 is 39.1 Å². The topological polar surface area (TPSA) is 25.8 Å². The van der Waals surface area contributed by atoms with Gasteiger partial charge >= 0.3 is 0 Å². The Morgan fingerprint density at radius 1 is 1.00 bits per heavy atom. The minimum Gasteiger partial charge on any atom is -0.231 e. The van der Waals surface area contributed by atoms with E-state index in [0.29, 0.717) is 16.0 Å². The molecule has 100 valence electrons. The van der Waals surface area contributed by atoms with Crippen molar-refractivity contribution in [1.82, 2.24) is 9.97 Å². The lowest BCUT2D eigenvalue weighted by Crippen LogP contribution is -2.16. The maximum absolute atomic E-state index is 6.18. The molecule has 1 aromatic carbocycles. The van der Waals surface area contributed by atoms with Crippen LogP contribution in [-0.4, -0.2) is 9.97 Å². The Hall–Kier alpha value is -0.640. The van der Waals surface area contributed by atoms with Gasteiger partial charge in [0.25, 0.3) is 0 Å². The van der Waals surface area contributed by atoms with Gasteiger partial charge in [-0.2, -0.15) is 0 Å². The third-order valence-electron chi connectivity index (χ3n) is 2.62. The van der Waals surface area contributed by atoms with E-state index in [1.54, 1.807) is 0 Å². The van der Waals surface area contributed by atoms with Crippen LogP contribution in [0.2, 0.25) is 10.2 Å². The van der Waals surface area contributed by atoms with Crippen LogP contribution in [0.15, 0.2) is 28.7 Å². The van der Waals surface area contributed by atoms with E-state index < -0.39 is 0 Å². The van der Waals surface area contributed by atoms with Crippen LogP contribution < -0.4 is 0 Å². The molecule has 1 aromatic heterocycles. The van der Waals surface area contributed by atoms with Crippen LogP contribution in [0.1, 0.15) is 26.5 Å². The SMILES string of the molecule is CC(C)(C)c1nc(-c2ccc(Cl)cc2)nc(Cl)c1Br. The molecule has 5 heteroatoms. The van der Waals surface area contributed by atoms with Gasteiger partial charge in [0.15, 0.2) is 5.82 Å². The Kier molecular flexibility index (Phi) is 4.19. The zero-order valence-electron chi connectivity index (χ0n) is 10.8. The highest BCUT2D eigenvalue weighted by atomic mass is 79.9. The predicted octanol–water partition coefficient (Wildman–Crippen LogP) is 5.51. The summed E-state index contributed by atoms with van der Waals surface area (Å²) in [5.74, 6) is 0.606. The molecule has 0 aliphatic carbocycles. The van der Waals surface area contributed by atoms with Crippen LogP contribution >= 0.6 is 39.1 Å². The molecule has 2 rings (SSSR count). The highest BCUT2D eigenvalue weighted by Gasteiger charge is 2.22. The second kappa shape index (κ2) is 5.39. The van der Waals surface area contributed by atoms with E-state index in [4.69, 9.17) is 23.2 Å². The molecule has 0 unspecified atom stereocenters. The fourth-order valence-electron chi connectivity index (χ4n) is 1.64. The lowest BCUT2D eigenvalue weighted by Gasteiger charge is -2.20. The summed E-state index contributed by atoms with van der Waals surface area (Å²) in [6.07, 6.45) is 0. The first-order chi connectivity index (χ1) is 8.79. The number of hydrogen-bond acceptors (Lipinski definition) is 2. The first-order valence-corrected chi connectivity index (χ1v) is 7.33. The Labute approximate surface area is 131 Å². The van der Waals surface area contributed by atoms with E-state index in [1.165, 1.54) is 0 Å². The molecular weight excluding hydrogens is 347 g/mol. The summed E-state index contributed by atoms with van der Waals surface area (Å²) in [5, 5.41) is 1.10. The van der Waals surface area contributed by atoms with Crippen molar-refractivity contribution in [3.63, 3.8) is 0 Å². The highest BCUT2D eigenvalue weighted by Crippen LogP contribution is 2.34. The van der Waals surface area contributed by atoms with Gasteiger partial charge < -0.3 is 0 Å². The van der Waals surface area contributed by atoms with Crippen molar-refractivity contribution in [1.29, 1.82) is 0 Å². The number of rotatable bonds is 1. The third-order valence-corrected chi connectivity index (χ3v) is 4.13. The Balaban J connectivity index is 2.60. The lowest BCUT2D eigenvalue weighted by atomic mass is 9.92. The second-order valence-electron chi connectivity index (χ2n) is 5.26. The summed E-state index contributed by atoms with van der Waals surface area (Å²) in [6.45, 7) is 6.26. The van der Waals surface area contributed by atoms with Gasteiger partial charge in [0.2, 0.25) is 0 Å². The van der Waals surface area contributed by atoms with Crippen LogP contribution in [0.3, 0.4) is 0 Å². The van der Waals surface area contributed by atoms with Crippen LogP contribution in [0.25, 0.3) is 11.4 Å². The van der Waals surface area contributed by atoms with Gasteiger partial charge in [0.1, 0.15) is 5.15 Å². The van der Waals surface area contributed by atoms with Crippen LogP contribution in [0, 0.1) is 0 Å². The molecular formula is C14H13BrCl2N2. The van der Waals surface area contributed by atoms with Crippen molar-refractivity contribution in [2.45, 2.75) is 26.2 Å². The molecule has 0 spiro atoms. The molecule has 19 heavy (non-hydrogen) atoms. The van der Waals surface area contributed by atoms with E-state index in [0.717, 1.165) is 15.7 Å². The zero-order valence-corrected chi connectivity index (χ0v) is 13.9. The number of hydrogen-bond donors (Lipinski definition) is 0. The summed E-state index contributed by atoms with van der Waals surface area (Å²) in [6, 6.07) is 7.39. The zero-order chi connectivity index (χ0) is 14.2. The average molecular weight is 360 g/mol. The molecule has 1 heterocycles. The van der Waals surface area contributed by atoms with Crippen molar-refractivity contribution in [2.75, 3.05) is 0 Å². The monoisotopic (exact) mass is 358 g/mol. The number of halogens is 3. The standard InChI is InChI=1S/C14H13BrCl2N2/c1-14(2,3)11-10(15)12(17)19-13(18-11)8-4-6-9(16)7-5-8/h4-7H,1-3H3. The minimum atomic E-state index is -0.118. The minimum absolute atomic E-state index is 0.118. The first kappa shape index (κ1) is 14.8. The molecule has 0 N–H and O–H groups in total. The summed E-state index contributed by atoms with van der Waals surface area (Å²) >= 11 is 15.5. The maximum Gasteiger partial charge on any atom is 0.161 e. The van der Waals surface area contributed by atoms with Crippen molar-refractivity contribution in [3.8, 4) is 11.4 Å². The predicted molar refractivity (Wildman–Crippen MR) is 83.9 cm³/mol. The molecule has 2 aromatic rings. The molecule has 0 radical (unpaired) electrons. The normalized spacial score (nSPS) is 11.7. The number of nitrogens with zero attached hydrogens (tertiary/aromatic N) is 2. The maximum atomic E-state index is 6.18. The molecule has 0 amide bonds. The van der Waals surface area contributed by atoms with Crippen LogP contribution in [0.5, 0.6) is 0 Å². The van der Waals surface area contributed by atoms with Gasteiger partial charge in [-0.3, -0.25) is 0 Å². The fraction of sp³-hybridized carbons (Fsp3) is 0.286. The smallest absolute Gasteiger partial charge is 0.161 e. The molecule has 0 fully saturated rings. The van der Waals surface area contributed by atoms with Crippen molar-refractivity contribution in [2.24, 2.45) is 0 Å². The van der Waals surface area contributed by atoms with Crippen molar-refractivity contribution < 1.29 is 0 Å². The van der Waals surface area contributed by atoms with Crippen LogP contribution in [-0.2, 0) is 5.41 Å². The quantitative estimate of drug-likeness (QED) is 0.627. The third kappa shape index (κ3) is 3.28. The van der Waals surface area contributed by atoms with E-state index in [9.17, 15) is 0 Å². The summed E-state index contributed by atoms with van der Waals surface area (Å²) < 4.78 is 0.749. The number of benzene rings is 1. The Morgan fingerprint density at radius 2 is 1.58 bits per heavy atom. The van der Waals surface area contributed by atoms with Gasteiger partial charge in [0.05, 0.1) is 10.2 Å². The van der Waals surface area contributed by atoms with Crippen molar-refractivity contribution in [3.05, 3.63) is 44.6 Å². The van der Waals surface area contributed by atoms with Gasteiger partial charge in [-0.15, -0.1) is 0 Å². The molecule has 2 nitrogen and oxygen atoms in total.